The van der Waals surface area contributed by atoms with Crippen molar-refractivity contribution in [2.75, 3.05) is 6.61 Å². The normalized spacial score (nSPS) is 31.2. The molecule has 2 rings (SSSR count). The second-order valence-electron chi connectivity index (χ2n) is 4.14. The van der Waals surface area contributed by atoms with E-state index in [1.165, 1.54) is 0 Å². The summed E-state index contributed by atoms with van der Waals surface area (Å²) in [6.45, 7) is 2.08. The molecule has 0 aliphatic heterocycles. The predicted octanol–water partition coefficient (Wildman–Crippen LogP) is 0.810. The maximum atomic E-state index is 9.41. The molecular formula is C11H16N2O. The summed E-state index contributed by atoms with van der Waals surface area (Å²) in [7, 11) is 0. The Hall–Kier alpha value is -0.930. The van der Waals surface area contributed by atoms with Crippen molar-refractivity contribution < 1.29 is 5.11 Å². The first kappa shape index (κ1) is 9.62. The van der Waals surface area contributed by atoms with E-state index in [0.717, 1.165) is 24.1 Å². The summed E-state index contributed by atoms with van der Waals surface area (Å²) in [5, 5.41) is 9.41. The molecule has 0 saturated heterocycles. The maximum absolute atomic E-state index is 9.41. The van der Waals surface area contributed by atoms with Crippen molar-refractivity contribution in [2.45, 2.75) is 25.3 Å². The Bertz CT molecular complexity index is 340. The van der Waals surface area contributed by atoms with E-state index in [2.05, 4.69) is 11.9 Å². The van der Waals surface area contributed by atoms with E-state index < -0.39 is 5.54 Å². The minimum atomic E-state index is -0.595. The summed E-state index contributed by atoms with van der Waals surface area (Å²) in [4.78, 5) is 4.31. The van der Waals surface area contributed by atoms with Gasteiger partial charge >= 0.3 is 0 Å². The number of aryl methyl sites for hydroxylation is 1. The van der Waals surface area contributed by atoms with Crippen molar-refractivity contribution in [3.8, 4) is 0 Å². The summed E-state index contributed by atoms with van der Waals surface area (Å²) in [6.07, 6.45) is 3.75. The molecule has 2 atom stereocenters. The van der Waals surface area contributed by atoms with Crippen LogP contribution in [0.1, 0.15) is 24.6 Å². The summed E-state index contributed by atoms with van der Waals surface area (Å²) in [5.41, 5.74) is 7.69. The van der Waals surface area contributed by atoms with Gasteiger partial charge in [-0.1, -0.05) is 13.0 Å². The van der Waals surface area contributed by atoms with Crippen LogP contribution in [0.3, 0.4) is 0 Å². The van der Waals surface area contributed by atoms with Crippen molar-refractivity contribution in [1.82, 2.24) is 4.98 Å². The quantitative estimate of drug-likeness (QED) is 0.692. The van der Waals surface area contributed by atoms with Crippen LogP contribution in [-0.2, 0) is 12.0 Å². The van der Waals surface area contributed by atoms with E-state index in [-0.39, 0.29) is 6.61 Å². The SMILES string of the molecule is CC1CCc2ncccc2C1(N)CO. The molecule has 1 heterocycles. The minimum Gasteiger partial charge on any atom is -0.394 e. The topological polar surface area (TPSA) is 59.1 Å². The summed E-state index contributed by atoms with van der Waals surface area (Å²) < 4.78 is 0. The van der Waals surface area contributed by atoms with Gasteiger partial charge in [0.05, 0.1) is 12.1 Å². The number of aromatic nitrogens is 1. The van der Waals surface area contributed by atoms with E-state index >= 15 is 0 Å². The van der Waals surface area contributed by atoms with Crippen molar-refractivity contribution in [3.63, 3.8) is 0 Å². The average molecular weight is 192 g/mol. The Morgan fingerprint density at radius 2 is 2.50 bits per heavy atom. The van der Waals surface area contributed by atoms with Crippen molar-refractivity contribution in [3.05, 3.63) is 29.6 Å². The lowest BCUT2D eigenvalue weighted by Crippen LogP contribution is -2.49. The van der Waals surface area contributed by atoms with Gasteiger partial charge in [-0.3, -0.25) is 4.98 Å². The third-order valence-electron chi connectivity index (χ3n) is 3.35. The van der Waals surface area contributed by atoms with Crippen LogP contribution >= 0.6 is 0 Å². The van der Waals surface area contributed by atoms with Gasteiger partial charge in [-0.05, 0) is 30.4 Å². The Kier molecular flexibility index (Phi) is 2.29. The number of hydrogen-bond acceptors (Lipinski definition) is 3. The highest BCUT2D eigenvalue weighted by atomic mass is 16.3. The predicted molar refractivity (Wildman–Crippen MR) is 54.7 cm³/mol. The monoisotopic (exact) mass is 192 g/mol. The highest BCUT2D eigenvalue weighted by molar-refractivity contribution is 5.32. The van der Waals surface area contributed by atoms with E-state index in [0.29, 0.717) is 5.92 Å². The molecule has 1 aliphatic carbocycles. The average Bonchev–Trinajstić information content (AvgIpc) is 2.24. The van der Waals surface area contributed by atoms with Gasteiger partial charge in [0.1, 0.15) is 0 Å². The molecule has 0 saturated carbocycles. The van der Waals surface area contributed by atoms with Crippen LogP contribution in [0.25, 0.3) is 0 Å². The highest BCUT2D eigenvalue weighted by Gasteiger charge is 2.38. The Morgan fingerprint density at radius 1 is 1.71 bits per heavy atom. The molecule has 2 unspecified atom stereocenters. The van der Waals surface area contributed by atoms with Gasteiger partial charge in [0.2, 0.25) is 0 Å². The lowest BCUT2D eigenvalue weighted by molar-refractivity contribution is 0.132. The van der Waals surface area contributed by atoms with Crippen LogP contribution in [0.2, 0.25) is 0 Å². The van der Waals surface area contributed by atoms with E-state index in [1.807, 2.05) is 12.1 Å². The van der Waals surface area contributed by atoms with Gasteiger partial charge in [0.15, 0.2) is 0 Å². The molecule has 0 spiro atoms. The zero-order valence-electron chi connectivity index (χ0n) is 8.40. The van der Waals surface area contributed by atoms with Gasteiger partial charge in [-0.2, -0.15) is 0 Å². The van der Waals surface area contributed by atoms with Crippen LogP contribution in [0.5, 0.6) is 0 Å². The fraction of sp³-hybridized carbons (Fsp3) is 0.545. The number of pyridine rings is 1. The molecule has 0 fully saturated rings. The standard InChI is InChI=1S/C11H16N2O/c1-8-4-5-10-9(3-2-6-13-10)11(8,12)7-14/h2-3,6,8,14H,4-5,7,12H2,1H3. The first-order valence-corrected chi connectivity index (χ1v) is 5.02. The van der Waals surface area contributed by atoms with Crippen molar-refractivity contribution in [2.24, 2.45) is 11.7 Å². The van der Waals surface area contributed by atoms with E-state index in [4.69, 9.17) is 5.73 Å². The zero-order chi connectivity index (χ0) is 10.2. The molecule has 14 heavy (non-hydrogen) atoms. The molecular weight excluding hydrogens is 176 g/mol. The molecule has 0 bridgehead atoms. The van der Waals surface area contributed by atoms with Crippen LogP contribution in [0, 0.1) is 5.92 Å². The van der Waals surface area contributed by atoms with E-state index in [9.17, 15) is 5.11 Å². The maximum Gasteiger partial charge on any atom is 0.0687 e. The summed E-state index contributed by atoms with van der Waals surface area (Å²) in [6, 6.07) is 3.86. The van der Waals surface area contributed by atoms with Gasteiger partial charge < -0.3 is 10.8 Å². The van der Waals surface area contributed by atoms with Gasteiger partial charge in [0, 0.05) is 11.9 Å². The second kappa shape index (κ2) is 3.33. The van der Waals surface area contributed by atoms with Crippen molar-refractivity contribution in [1.29, 1.82) is 0 Å². The van der Waals surface area contributed by atoms with Crippen LogP contribution < -0.4 is 5.73 Å². The molecule has 3 N–H and O–H groups in total. The fourth-order valence-electron chi connectivity index (χ4n) is 2.18. The number of aliphatic hydroxyl groups excluding tert-OH is 1. The highest BCUT2D eigenvalue weighted by Crippen LogP contribution is 2.36. The number of nitrogens with zero attached hydrogens (tertiary/aromatic N) is 1. The largest absolute Gasteiger partial charge is 0.394 e. The number of nitrogens with two attached hydrogens (primary N) is 1. The Balaban J connectivity index is 2.52. The van der Waals surface area contributed by atoms with Crippen LogP contribution in [-0.4, -0.2) is 16.7 Å². The molecule has 76 valence electrons. The third kappa shape index (κ3) is 1.24. The molecule has 1 aromatic heterocycles. The smallest absolute Gasteiger partial charge is 0.0687 e. The summed E-state index contributed by atoms with van der Waals surface area (Å²) in [5.74, 6) is 0.309. The number of aliphatic hydroxyl groups is 1. The van der Waals surface area contributed by atoms with Gasteiger partial charge in [0.25, 0.3) is 0 Å². The zero-order valence-corrected chi connectivity index (χ0v) is 8.40. The van der Waals surface area contributed by atoms with Crippen molar-refractivity contribution >= 4 is 0 Å². The fourth-order valence-corrected chi connectivity index (χ4v) is 2.18. The Labute approximate surface area is 84.0 Å². The first-order valence-electron chi connectivity index (χ1n) is 5.02. The third-order valence-corrected chi connectivity index (χ3v) is 3.35. The number of hydrogen-bond donors (Lipinski definition) is 2. The number of rotatable bonds is 1. The Morgan fingerprint density at radius 3 is 3.21 bits per heavy atom. The van der Waals surface area contributed by atoms with E-state index in [1.54, 1.807) is 6.20 Å². The number of fused-ring (bicyclic) bond motifs is 1. The van der Waals surface area contributed by atoms with Crippen LogP contribution in [0.15, 0.2) is 18.3 Å². The molecule has 3 heteroatoms. The molecule has 0 aromatic carbocycles. The lowest BCUT2D eigenvalue weighted by atomic mass is 9.72. The first-order chi connectivity index (χ1) is 6.68. The molecule has 1 aromatic rings. The molecule has 0 radical (unpaired) electrons. The lowest BCUT2D eigenvalue weighted by Gasteiger charge is -2.39. The van der Waals surface area contributed by atoms with Gasteiger partial charge in [-0.25, -0.2) is 0 Å². The second-order valence-corrected chi connectivity index (χ2v) is 4.14. The summed E-state index contributed by atoms with van der Waals surface area (Å²) >= 11 is 0. The molecule has 1 aliphatic rings. The molecule has 0 amide bonds. The van der Waals surface area contributed by atoms with Crippen LogP contribution in [0.4, 0.5) is 0 Å². The minimum absolute atomic E-state index is 0.00708. The van der Waals surface area contributed by atoms with Gasteiger partial charge in [-0.15, -0.1) is 0 Å². The molecule has 3 nitrogen and oxygen atoms in total.